The van der Waals surface area contributed by atoms with Gasteiger partial charge in [0.15, 0.2) is 0 Å². The Hall–Kier alpha value is -2.67. The number of rotatable bonds is 4. The monoisotopic (exact) mass is 325 g/mol. The molecule has 3 aromatic rings. The van der Waals surface area contributed by atoms with Gasteiger partial charge in [-0.3, -0.25) is 4.90 Å². The molecule has 0 N–H and O–H groups in total. The second kappa shape index (κ2) is 6.84. The van der Waals surface area contributed by atoms with Gasteiger partial charge in [0.2, 0.25) is 11.7 Å². The average molecular weight is 325 g/mol. The molecule has 1 saturated heterocycles. The molecule has 7 heteroatoms. The fraction of sp³-hybridized carbons (Fsp3) is 0.353. The number of anilines is 1. The predicted octanol–water partition coefficient (Wildman–Crippen LogP) is 2.44. The molecular formula is C17H19N5O2. The molecule has 0 aromatic carbocycles. The molecule has 0 saturated carbocycles. The molecule has 0 radical (unpaired) electrons. The Labute approximate surface area is 139 Å². The molecule has 1 aliphatic heterocycles. The van der Waals surface area contributed by atoms with E-state index in [0.29, 0.717) is 18.3 Å². The van der Waals surface area contributed by atoms with Crippen LogP contribution in [0.4, 0.5) is 5.82 Å². The number of nitrogens with zero attached hydrogens (tertiary/aromatic N) is 5. The van der Waals surface area contributed by atoms with Crippen LogP contribution in [0, 0.1) is 0 Å². The van der Waals surface area contributed by atoms with Crippen LogP contribution >= 0.6 is 0 Å². The third-order valence-electron chi connectivity index (χ3n) is 4.17. The molecule has 0 bridgehead atoms. The lowest BCUT2D eigenvalue weighted by molar-refractivity contribution is 0.239. The molecule has 1 fully saturated rings. The normalized spacial score (nSPS) is 16.2. The van der Waals surface area contributed by atoms with Crippen LogP contribution in [0.5, 0.6) is 0 Å². The van der Waals surface area contributed by atoms with E-state index in [1.165, 1.54) is 0 Å². The topological polar surface area (TPSA) is 71.4 Å². The quantitative estimate of drug-likeness (QED) is 0.729. The van der Waals surface area contributed by atoms with Crippen LogP contribution in [-0.4, -0.2) is 46.2 Å². The lowest BCUT2D eigenvalue weighted by Gasteiger charge is -2.21. The SMILES string of the molecule is c1ccc(N2CCCN(Cc3nc(-c4ccoc4)no3)CC2)nc1. The van der Waals surface area contributed by atoms with Crippen molar-refractivity contribution in [1.82, 2.24) is 20.0 Å². The maximum Gasteiger partial charge on any atom is 0.241 e. The number of furan rings is 1. The van der Waals surface area contributed by atoms with Crippen molar-refractivity contribution in [2.24, 2.45) is 0 Å². The molecule has 0 atom stereocenters. The van der Waals surface area contributed by atoms with Crippen molar-refractivity contribution in [3.63, 3.8) is 0 Å². The summed E-state index contributed by atoms with van der Waals surface area (Å²) in [7, 11) is 0. The highest BCUT2D eigenvalue weighted by Crippen LogP contribution is 2.18. The van der Waals surface area contributed by atoms with E-state index in [0.717, 1.165) is 44.0 Å². The van der Waals surface area contributed by atoms with E-state index >= 15 is 0 Å². The highest BCUT2D eigenvalue weighted by molar-refractivity contribution is 5.51. The summed E-state index contributed by atoms with van der Waals surface area (Å²) in [6.07, 6.45) is 6.14. The van der Waals surface area contributed by atoms with Crippen LogP contribution < -0.4 is 4.90 Å². The van der Waals surface area contributed by atoms with E-state index in [1.807, 2.05) is 24.4 Å². The van der Waals surface area contributed by atoms with E-state index in [9.17, 15) is 0 Å². The molecule has 0 amide bonds. The number of hydrogen-bond acceptors (Lipinski definition) is 7. The first kappa shape index (κ1) is 14.9. The summed E-state index contributed by atoms with van der Waals surface area (Å²) in [4.78, 5) is 13.6. The Kier molecular flexibility index (Phi) is 4.24. The molecule has 4 heterocycles. The minimum absolute atomic E-state index is 0.573. The van der Waals surface area contributed by atoms with E-state index in [2.05, 4.69) is 31.0 Å². The van der Waals surface area contributed by atoms with E-state index in [4.69, 9.17) is 8.94 Å². The van der Waals surface area contributed by atoms with Crippen LogP contribution in [0.3, 0.4) is 0 Å². The maximum absolute atomic E-state index is 5.37. The Morgan fingerprint density at radius 1 is 1.08 bits per heavy atom. The lowest BCUT2D eigenvalue weighted by Crippen LogP contribution is -2.30. The number of aromatic nitrogens is 3. The predicted molar refractivity (Wildman–Crippen MR) is 88.3 cm³/mol. The first-order chi connectivity index (χ1) is 11.9. The highest BCUT2D eigenvalue weighted by Gasteiger charge is 2.18. The van der Waals surface area contributed by atoms with Gasteiger partial charge in [-0.1, -0.05) is 11.2 Å². The fourth-order valence-corrected chi connectivity index (χ4v) is 2.92. The van der Waals surface area contributed by atoms with Gasteiger partial charge in [0.1, 0.15) is 12.1 Å². The molecule has 0 aliphatic carbocycles. The van der Waals surface area contributed by atoms with E-state index in [-0.39, 0.29) is 0 Å². The third kappa shape index (κ3) is 3.30. The second-order valence-corrected chi connectivity index (χ2v) is 5.83. The molecule has 4 rings (SSSR count). The minimum atomic E-state index is 0.573. The molecule has 7 nitrogen and oxygen atoms in total. The van der Waals surface area contributed by atoms with Crippen molar-refractivity contribution in [1.29, 1.82) is 0 Å². The number of hydrogen-bond donors (Lipinski definition) is 0. The van der Waals surface area contributed by atoms with Crippen LogP contribution in [0.25, 0.3) is 11.4 Å². The summed E-state index contributed by atoms with van der Waals surface area (Å²) in [5.74, 6) is 2.25. The summed E-state index contributed by atoms with van der Waals surface area (Å²) in [5, 5.41) is 4.02. The van der Waals surface area contributed by atoms with Gasteiger partial charge in [0.25, 0.3) is 0 Å². The largest absolute Gasteiger partial charge is 0.472 e. The number of pyridine rings is 1. The van der Waals surface area contributed by atoms with Gasteiger partial charge in [-0.2, -0.15) is 4.98 Å². The summed E-state index contributed by atoms with van der Waals surface area (Å²) >= 11 is 0. The summed E-state index contributed by atoms with van der Waals surface area (Å²) in [6, 6.07) is 7.86. The second-order valence-electron chi connectivity index (χ2n) is 5.83. The zero-order valence-corrected chi connectivity index (χ0v) is 13.3. The zero-order valence-electron chi connectivity index (χ0n) is 13.3. The highest BCUT2D eigenvalue weighted by atomic mass is 16.5. The molecule has 0 unspecified atom stereocenters. The lowest BCUT2D eigenvalue weighted by atomic mass is 10.3. The van der Waals surface area contributed by atoms with Gasteiger partial charge in [0.05, 0.1) is 18.4 Å². The van der Waals surface area contributed by atoms with Gasteiger partial charge in [-0.25, -0.2) is 4.98 Å². The van der Waals surface area contributed by atoms with Crippen molar-refractivity contribution in [2.75, 3.05) is 31.1 Å². The van der Waals surface area contributed by atoms with Crippen molar-refractivity contribution >= 4 is 5.82 Å². The van der Waals surface area contributed by atoms with Gasteiger partial charge in [-0.05, 0) is 24.6 Å². The molecule has 0 spiro atoms. The molecular weight excluding hydrogens is 306 g/mol. The van der Waals surface area contributed by atoms with Crippen LogP contribution in [0.2, 0.25) is 0 Å². The third-order valence-corrected chi connectivity index (χ3v) is 4.17. The van der Waals surface area contributed by atoms with Crippen LogP contribution in [0.15, 0.2) is 51.9 Å². The Morgan fingerprint density at radius 2 is 2.08 bits per heavy atom. The van der Waals surface area contributed by atoms with Gasteiger partial charge >= 0.3 is 0 Å². The van der Waals surface area contributed by atoms with E-state index in [1.54, 1.807) is 12.5 Å². The molecule has 124 valence electrons. The van der Waals surface area contributed by atoms with Gasteiger partial charge < -0.3 is 13.8 Å². The fourth-order valence-electron chi connectivity index (χ4n) is 2.92. The van der Waals surface area contributed by atoms with Crippen LogP contribution in [-0.2, 0) is 6.54 Å². The standard InChI is InChI=1S/C17H19N5O2/c1-2-6-18-15(4-1)22-8-3-7-21(9-10-22)12-16-19-17(20-24-16)14-5-11-23-13-14/h1-2,4-6,11,13H,3,7-10,12H2. The Balaban J connectivity index is 1.38. The van der Waals surface area contributed by atoms with Crippen molar-refractivity contribution in [3.8, 4) is 11.4 Å². The summed E-state index contributed by atoms with van der Waals surface area (Å²) in [6.45, 7) is 4.57. The summed E-state index contributed by atoms with van der Waals surface area (Å²) in [5.41, 5.74) is 0.835. The zero-order chi connectivity index (χ0) is 16.2. The first-order valence-corrected chi connectivity index (χ1v) is 8.12. The first-order valence-electron chi connectivity index (χ1n) is 8.12. The maximum atomic E-state index is 5.37. The molecule has 3 aromatic heterocycles. The van der Waals surface area contributed by atoms with Gasteiger partial charge in [-0.15, -0.1) is 0 Å². The van der Waals surface area contributed by atoms with E-state index < -0.39 is 0 Å². The molecule has 24 heavy (non-hydrogen) atoms. The Morgan fingerprint density at radius 3 is 2.92 bits per heavy atom. The van der Waals surface area contributed by atoms with Crippen LogP contribution in [0.1, 0.15) is 12.3 Å². The smallest absolute Gasteiger partial charge is 0.241 e. The van der Waals surface area contributed by atoms with Crippen molar-refractivity contribution < 1.29 is 8.94 Å². The minimum Gasteiger partial charge on any atom is -0.472 e. The molecule has 1 aliphatic rings. The average Bonchev–Trinajstić information content (AvgIpc) is 3.25. The Bertz CT molecular complexity index is 756. The van der Waals surface area contributed by atoms with Gasteiger partial charge in [0, 0.05) is 32.4 Å². The van der Waals surface area contributed by atoms with Crippen molar-refractivity contribution in [2.45, 2.75) is 13.0 Å². The van der Waals surface area contributed by atoms with Crippen molar-refractivity contribution in [3.05, 3.63) is 48.9 Å². The summed E-state index contributed by atoms with van der Waals surface area (Å²) < 4.78 is 10.4.